The van der Waals surface area contributed by atoms with Crippen molar-refractivity contribution >= 4 is 46.7 Å². The number of halogens is 1. The molecule has 35 heavy (non-hydrogen) atoms. The van der Waals surface area contributed by atoms with Gasteiger partial charge in [-0.3, -0.25) is 9.59 Å². The van der Waals surface area contributed by atoms with Crippen molar-refractivity contribution in [2.75, 3.05) is 41.7 Å². The van der Waals surface area contributed by atoms with Crippen molar-refractivity contribution in [1.29, 1.82) is 0 Å². The molecule has 0 radical (unpaired) electrons. The highest BCUT2D eigenvalue weighted by atomic mass is 35.5. The smallest absolute Gasteiger partial charge is 0.335 e. The Hall–Kier alpha value is -4.09. The summed E-state index contributed by atoms with van der Waals surface area (Å²) in [4.78, 5) is 51.8. The van der Waals surface area contributed by atoms with Crippen molar-refractivity contribution < 1.29 is 19.5 Å². The molecule has 1 aliphatic heterocycles. The van der Waals surface area contributed by atoms with Gasteiger partial charge in [0.25, 0.3) is 11.8 Å². The van der Waals surface area contributed by atoms with Crippen LogP contribution in [-0.4, -0.2) is 64.0 Å². The van der Waals surface area contributed by atoms with Crippen molar-refractivity contribution in [3.05, 3.63) is 70.8 Å². The second-order valence-corrected chi connectivity index (χ2v) is 8.12. The number of carboxylic acid groups (broad SMARTS) is 1. The molecule has 4 rings (SSSR count). The molecule has 0 saturated carbocycles. The maximum Gasteiger partial charge on any atom is 0.335 e. The molecule has 12 heteroatoms. The van der Waals surface area contributed by atoms with Crippen LogP contribution in [0.4, 0.5) is 17.3 Å². The zero-order valence-electron chi connectivity index (χ0n) is 18.5. The van der Waals surface area contributed by atoms with Gasteiger partial charge in [0.05, 0.1) is 34.2 Å². The van der Waals surface area contributed by atoms with E-state index in [9.17, 15) is 19.5 Å². The number of amides is 2. The first-order chi connectivity index (χ1) is 16.9. The van der Waals surface area contributed by atoms with Gasteiger partial charge < -0.3 is 26.0 Å². The van der Waals surface area contributed by atoms with Gasteiger partial charge in [-0.05, 0) is 43.3 Å². The van der Waals surface area contributed by atoms with Gasteiger partial charge in [0.1, 0.15) is 17.3 Å². The molecule has 11 nitrogen and oxygen atoms in total. The summed E-state index contributed by atoms with van der Waals surface area (Å²) in [5.74, 6) is -1.54. The van der Waals surface area contributed by atoms with Gasteiger partial charge in [0.15, 0.2) is 0 Å². The fourth-order valence-electron chi connectivity index (χ4n) is 3.48. The average Bonchev–Trinajstić information content (AvgIpc) is 3.15. The third kappa shape index (κ3) is 6.08. The third-order valence-electron chi connectivity index (χ3n) is 5.26. The lowest BCUT2D eigenvalue weighted by atomic mass is 10.1. The van der Waals surface area contributed by atoms with Gasteiger partial charge in [-0.1, -0.05) is 11.6 Å². The predicted molar refractivity (Wildman–Crippen MR) is 130 cm³/mol. The van der Waals surface area contributed by atoms with E-state index < -0.39 is 17.8 Å². The summed E-state index contributed by atoms with van der Waals surface area (Å²) in [6.07, 6.45) is 5.22. The summed E-state index contributed by atoms with van der Waals surface area (Å²) in [5, 5.41) is 18.2. The van der Waals surface area contributed by atoms with Crippen LogP contribution in [0.1, 0.15) is 37.6 Å². The number of benzene rings is 1. The molecule has 1 saturated heterocycles. The molecule has 0 bridgehead atoms. The van der Waals surface area contributed by atoms with E-state index in [1.54, 1.807) is 6.07 Å². The SMILES string of the molecule is O=C(O)c1ccc(C(=O)Nc2ccc(Cl)cn2)c(NC(=O)c2cnc(N3CCCNCC3)cn2)c1. The summed E-state index contributed by atoms with van der Waals surface area (Å²) in [7, 11) is 0. The van der Waals surface area contributed by atoms with Gasteiger partial charge in [-0.25, -0.2) is 19.7 Å². The van der Waals surface area contributed by atoms with Gasteiger partial charge in [-0.15, -0.1) is 0 Å². The summed E-state index contributed by atoms with van der Waals surface area (Å²) in [5.41, 5.74) is -0.0293. The molecule has 3 aromatic rings. The zero-order chi connectivity index (χ0) is 24.8. The number of aromatic nitrogens is 3. The van der Waals surface area contributed by atoms with Crippen LogP contribution in [0.15, 0.2) is 48.9 Å². The van der Waals surface area contributed by atoms with Crippen LogP contribution in [-0.2, 0) is 0 Å². The summed E-state index contributed by atoms with van der Waals surface area (Å²) in [6.45, 7) is 3.38. The number of hydrogen-bond acceptors (Lipinski definition) is 8. The Balaban J connectivity index is 1.54. The molecule has 1 fully saturated rings. The highest BCUT2D eigenvalue weighted by Gasteiger charge is 2.19. The van der Waals surface area contributed by atoms with Crippen LogP contribution in [0, 0.1) is 0 Å². The van der Waals surface area contributed by atoms with E-state index in [4.69, 9.17) is 11.6 Å². The summed E-state index contributed by atoms with van der Waals surface area (Å²) >= 11 is 5.82. The highest BCUT2D eigenvalue weighted by Crippen LogP contribution is 2.21. The molecular formula is C23H22ClN7O4. The minimum atomic E-state index is -1.21. The number of carbonyl (C=O) groups excluding carboxylic acids is 2. The topological polar surface area (TPSA) is 149 Å². The molecule has 2 aromatic heterocycles. The van der Waals surface area contributed by atoms with Crippen molar-refractivity contribution in [3.8, 4) is 0 Å². The van der Waals surface area contributed by atoms with Gasteiger partial charge in [-0.2, -0.15) is 0 Å². The Labute approximate surface area is 205 Å². The molecule has 0 aliphatic carbocycles. The minimum absolute atomic E-state index is 0.00540. The van der Waals surface area contributed by atoms with Crippen LogP contribution in [0.5, 0.6) is 0 Å². The van der Waals surface area contributed by atoms with E-state index >= 15 is 0 Å². The highest BCUT2D eigenvalue weighted by molar-refractivity contribution is 6.30. The first-order valence-electron chi connectivity index (χ1n) is 10.8. The standard InChI is InChI=1S/C23H22ClN7O4/c24-15-3-5-19(27-11-15)30-21(32)16-4-2-14(23(34)35)10-17(16)29-22(33)18-12-28-20(13-26-18)31-8-1-6-25-7-9-31/h2-5,10-13,25H,1,6-9H2,(H,29,33)(H,34,35)(H,27,30,32). The van der Waals surface area contributed by atoms with E-state index in [1.165, 1.54) is 42.9 Å². The monoisotopic (exact) mass is 495 g/mol. The molecule has 0 spiro atoms. The first-order valence-corrected chi connectivity index (χ1v) is 11.2. The number of carboxylic acids is 1. The van der Waals surface area contributed by atoms with Crippen LogP contribution < -0.4 is 20.9 Å². The van der Waals surface area contributed by atoms with Gasteiger partial charge in [0.2, 0.25) is 0 Å². The molecule has 180 valence electrons. The van der Waals surface area contributed by atoms with Crippen molar-refractivity contribution in [3.63, 3.8) is 0 Å². The maximum atomic E-state index is 12.9. The number of anilines is 3. The number of aromatic carboxylic acids is 1. The minimum Gasteiger partial charge on any atom is -0.478 e. The Morgan fingerprint density at radius 1 is 0.943 bits per heavy atom. The fourth-order valence-corrected chi connectivity index (χ4v) is 3.59. The summed E-state index contributed by atoms with van der Waals surface area (Å²) < 4.78 is 0. The molecular weight excluding hydrogens is 474 g/mol. The molecule has 1 aliphatic rings. The molecule has 0 atom stereocenters. The number of nitrogens with zero attached hydrogens (tertiary/aromatic N) is 4. The normalized spacial score (nSPS) is 13.6. The fraction of sp³-hybridized carbons (Fsp3) is 0.217. The lowest BCUT2D eigenvalue weighted by molar-refractivity contribution is 0.0696. The van der Waals surface area contributed by atoms with Crippen LogP contribution in [0.2, 0.25) is 5.02 Å². The second-order valence-electron chi connectivity index (χ2n) is 7.69. The molecule has 3 heterocycles. The van der Waals surface area contributed by atoms with Crippen molar-refractivity contribution in [2.24, 2.45) is 0 Å². The number of carbonyl (C=O) groups is 3. The maximum absolute atomic E-state index is 12.9. The lowest BCUT2D eigenvalue weighted by Crippen LogP contribution is -2.29. The van der Waals surface area contributed by atoms with E-state index in [1.807, 2.05) is 0 Å². The average molecular weight is 496 g/mol. The molecule has 1 aromatic carbocycles. The van der Waals surface area contributed by atoms with E-state index in [0.29, 0.717) is 10.8 Å². The Morgan fingerprint density at radius 2 is 1.80 bits per heavy atom. The van der Waals surface area contributed by atoms with Gasteiger partial charge >= 0.3 is 5.97 Å². The second kappa shape index (κ2) is 10.9. The zero-order valence-corrected chi connectivity index (χ0v) is 19.2. The quantitative estimate of drug-likeness (QED) is 0.404. The predicted octanol–water partition coefficient (Wildman–Crippen LogP) is 2.53. The molecule has 0 unspecified atom stereocenters. The van der Waals surface area contributed by atoms with Crippen molar-refractivity contribution in [1.82, 2.24) is 20.3 Å². The Kier molecular flexibility index (Phi) is 7.48. The number of hydrogen-bond donors (Lipinski definition) is 4. The number of nitrogens with one attached hydrogen (secondary N) is 3. The molecule has 4 N–H and O–H groups in total. The summed E-state index contributed by atoms with van der Waals surface area (Å²) in [6, 6.07) is 6.86. The molecule has 2 amide bonds. The van der Waals surface area contributed by atoms with Crippen LogP contribution >= 0.6 is 11.6 Å². The van der Waals surface area contributed by atoms with Gasteiger partial charge in [0, 0.05) is 25.8 Å². The van der Waals surface area contributed by atoms with Crippen LogP contribution in [0.3, 0.4) is 0 Å². The Bertz CT molecular complexity index is 1230. The van der Waals surface area contributed by atoms with Crippen molar-refractivity contribution in [2.45, 2.75) is 6.42 Å². The number of rotatable bonds is 6. The lowest BCUT2D eigenvalue weighted by Gasteiger charge is -2.20. The van der Waals surface area contributed by atoms with E-state index in [2.05, 4.69) is 35.8 Å². The number of pyridine rings is 1. The van der Waals surface area contributed by atoms with E-state index in [0.717, 1.165) is 32.6 Å². The Morgan fingerprint density at radius 3 is 2.51 bits per heavy atom. The van der Waals surface area contributed by atoms with Crippen LogP contribution in [0.25, 0.3) is 0 Å². The first kappa shape index (κ1) is 24.0. The largest absolute Gasteiger partial charge is 0.478 e. The van der Waals surface area contributed by atoms with E-state index in [-0.39, 0.29) is 28.3 Å². The third-order valence-corrected chi connectivity index (χ3v) is 5.49.